The third-order valence-corrected chi connectivity index (χ3v) is 9.95. The zero-order valence-corrected chi connectivity index (χ0v) is 22.8. The Hall–Kier alpha value is -2.10. The number of fused-ring (bicyclic) bond motifs is 4. The van der Waals surface area contributed by atoms with Gasteiger partial charge in [0.1, 0.15) is 0 Å². The molecule has 2 heterocycles. The first-order valence-electron chi connectivity index (χ1n) is 11.9. The Kier molecular flexibility index (Phi) is 6.20. The minimum Gasteiger partial charge on any atom is -0.504 e. The fourth-order valence-corrected chi connectivity index (χ4v) is 7.91. The molecule has 11 heteroatoms. The van der Waals surface area contributed by atoms with E-state index in [2.05, 4.69) is 15.9 Å². The van der Waals surface area contributed by atoms with E-state index in [1.165, 1.54) is 11.0 Å². The highest BCUT2D eigenvalue weighted by molar-refractivity contribution is 9.09. The number of imide groups is 2. The van der Waals surface area contributed by atoms with Crippen molar-refractivity contribution in [2.24, 2.45) is 17.8 Å². The molecule has 1 aromatic rings. The van der Waals surface area contributed by atoms with Crippen molar-refractivity contribution < 1.29 is 29.0 Å². The number of halogens is 3. The third-order valence-electron chi connectivity index (χ3n) is 8.04. The number of ether oxygens (including phenoxy) is 1. The van der Waals surface area contributed by atoms with Crippen LogP contribution in [0.3, 0.4) is 0 Å². The van der Waals surface area contributed by atoms with Crippen molar-refractivity contribution in [1.29, 1.82) is 0 Å². The number of carbonyl (C=O) groups is 4. The first kappa shape index (κ1) is 25.5. The van der Waals surface area contributed by atoms with Gasteiger partial charge in [-0.15, -0.1) is 23.2 Å². The van der Waals surface area contributed by atoms with Crippen molar-refractivity contribution in [3.05, 3.63) is 35.4 Å². The smallest absolute Gasteiger partial charge is 0.254 e. The molecule has 0 spiro atoms. The number of rotatable bonds is 5. The lowest BCUT2D eigenvalue weighted by atomic mass is 9.56. The summed E-state index contributed by atoms with van der Waals surface area (Å²) in [5.74, 6) is -4.39. The molecule has 6 atom stereocenters. The van der Waals surface area contributed by atoms with E-state index < -0.39 is 45.2 Å². The van der Waals surface area contributed by atoms with E-state index in [4.69, 9.17) is 27.9 Å². The summed E-state index contributed by atoms with van der Waals surface area (Å²) < 4.78 is 5.57. The quantitative estimate of drug-likeness (QED) is 0.240. The predicted molar refractivity (Wildman–Crippen MR) is 135 cm³/mol. The number of aromatic hydroxyl groups is 1. The van der Waals surface area contributed by atoms with Gasteiger partial charge in [0.15, 0.2) is 21.2 Å². The molecular weight excluding hydrogens is 575 g/mol. The van der Waals surface area contributed by atoms with Gasteiger partial charge in [-0.05, 0) is 50.3 Å². The molecular formula is C25H25BrCl2N2O6. The third kappa shape index (κ3) is 3.11. The Bertz CT molecular complexity index is 1220. The number of hydrogen-bond acceptors (Lipinski definition) is 6. The number of nitrogens with zero attached hydrogens (tertiary/aromatic N) is 2. The SMILES string of the molecule is CCOc1cc([C@H]2C3=CC[C@@H]4C(=O)N(CC)C(=O)[C@@H]4[C@@H]3C[C@@]3(Cl)C(=O)N(CBr)C(=O)[C@@]23Cl)ccc1O. The van der Waals surface area contributed by atoms with E-state index in [0.717, 1.165) is 4.90 Å². The lowest BCUT2D eigenvalue weighted by Crippen LogP contribution is -2.60. The van der Waals surface area contributed by atoms with Crippen LogP contribution in [0.15, 0.2) is 29.8 Å². The highest BCUT2D eigenvalue weighted by Gasteiger charge is 2.76. The number of phenolic OH excluding ortho intramolecular Hbond substituents is 1. The maximum Gasteiger partial charge on any atom is 0.254 e. The topological polar surface area (TPSA) is 104 Å². The second kappa shape index (κ2) is 8.74. The van der Waals surface area contributed by atoms with E-state index in [-0.39, 0.29) is 41.7 Å². The first-order chi connectivity index (χ1) is 17.1. The zero-order chi connectivity index (χ0) is 26.2. The van der Waals surface area contributed by atoms with Gasteiger partial charge in [-0.25, -0.2) is 0 Å². The maximum absolute atomic E-state index is 13.7. The fraction of sp³-hybridized carbons (Fsp3) is 0.520. The van der Waals surface area contributed by atoms with Gasteiger partial charge in [-0.1, -0.05) is 33.6 Å². The van der Waals surface area contributed by atoms with Crippen LogP contribution in [0.1, 0.15) is 38.2 Å². The van der Waals surface area contributed by atoms with Crippen LogP contribution < -0.4 is 4.74 Å². The summed E-state index contributed by atoms with van der Waals surface area (Å²) in [5, 5.41) is 10.3. The van der Waals surface area contributed by atoms with Gasteiger partial charge in [0.2, 0.25) is 11.8 Å². The normalized spacial score (nSPS) is 35.5. The molecule has 4 aliphatic rings. The zero-order valence-electron chi connectivity index (χ0n) is 19.7. The molecule has 0 aromatic heterocycles. The van der Waals surface area contributed by atoms with E-state index in [1.807, 2.05) is 6.08 Å². The highest BCUT2D eigenvalue weighted by Crippen LogP contribution is 2.65. The Morgan fingerprint density at radius 3 is 2.44 bits per heavy atom. The number of hydrogen-bond donors (Lipinski definition) is 1. The Morgan fingerprint density at radius 2 is 1.81 bits per heavy atom. The van der Waals surface area contributed by atoms with E-state index in [9.17, 15) is 24.3 Å². The van der Waals surface area contributed by atoms with Crippen LogP contribution in [-0.4, -0.2) is 66.9 Å². The molecule has 1 aromatic carbocycles. The monoisotopic (exact) mass is 598 g/mol. The van der Waals surface area contributed by atoms with E-state index in [1.54, 1.807) is 26.0 Å². The fourth-order valence-electron chi connectivity index (χ4n) is 6.49. The minimum atomic E-state index is -1.88. The van der Waals surface area contributed by atoms with Crippen molar-refractivity contribution in [2.45, 2.75) is 42.4 Å². The molecule has 3 fully saturated rings. The van der Waals surface area contributed by atoms with Gasteiger partial charge < -0.3 is 9.84 Å². The number of allylic oxidation sites excluding steroid dienone is 2. The van der Waals surface area contributed by atoms with Gasteiger partial charge in [-0.2, -0.15) is 0 Å². The Balaban J connectivity index is 1.73. The van der Waals surface area contributed by atoms with Gasteiger partial charge >= 0.3 is 0 Å². The molecule has 1 N–H and O–H groups in total. The van der Waals surface area contributed by atoms with Gasteiger partial charge in [0, 0.05) is 12.5 Å². The number of amides is 4. The summed E-state index contributed by atoms with van der Waals surface area (Å²) in [6.45, 7) is 4.07. The summed E-state index contributed by atoms with van der Waals surface area (Å²) >= 11 is 17.5. The molecule has 5 rings (SSSR count). The van der Waals surface area contributed by atoms with Crippen molar-refractivity contribution in [1.82, 2.24) is 9.80 Å². The van der Waals surface area contributed by atoms with Crippen molar-refractivity contribution in [3.63, 3.8) is 0 Å². The highest BCUT2D eigenvalue weighted by atomic mass is 79.9. The predicted octanol–water partition coefficient (Wildman–Crippen LogP) is 3.52. The van der Waals surface area contributed by atoms with E-state index >= 15 is 0 Å². The average molecular weight is 600 g/mol. The summed E-state index contributed by atoms with van der Waals surface area (Å²) in [6.07, 6.45) is 2.14. The number of phenols is 1. The van der Waals surface area contributed by atoms with Gasteiger partial charge in [0.05, 0.1) is 23.9 Å². The summed E-state index contributed by atoms with van der Waals surface area (Å²) in [5.41, 5.74) is 1.14. The Labute approximate surface area is 226 Å². The molecule has 2 saturated heterocycles. The Morgan fingerprint density at radius 1 is 1.08 bits per heavy atom. The number of likely N-dealkylation sites (tertiary alicyclic amines) is 2. The van der Waals surface area contributed by atoms with Gasteiger partial charge in [-0.3, -0.25) is 29.0 Å². The molecule has 36 heavy (non-hydrogen) atoms. The summed E-state index contributed by atoms with van der Waals surface area (Å²) in [7, 11) is 0. The minimum absolute atomic E-state index is 0.0530. The van der Waals surface area contributed by atoms with Crippen LogP contribution in [-0.2, 0) is 19.2 Å². The maximum atomic E-state index is 13.7. The number of carbonyl (C=O) groups excluding carboxylic acids is 4. The average Bonchev–Trinajstić information content (AvgIpc) is 3.18. The molecule has 0 radical (unpaired) electrons. The van der Waals surface area contributed by atoms with Crippen molar-refractivity contribution >= 4 is 62.8 Å². The molecule has 1 saturated carbocycles. The lowest BCUT2D eigenvalue weighted by molar-refractivity contribution is -0.141. The molecule has 0 bridgehead atoms. The standard InChI is InChI=1S/C25H25BrCl2N2O6/c1-3-29-20(32)14-7-6-13-15(18(14)21(29)33)10-24(27)22(34)30(11-26)23(35)25(24,28)19(13)12-5-8-16(31)17(9-12)36-4-2/h5-6,8-9,14-15,18-19,31H,3-4,7,10-11H2,1-2H3/t14-,15+,18-,19-,24+,25-/m0/s1. The number of benzene rings is 1. The summed E-state index contributed by atoms with van der Waals surface area (Å²) in [6, 6.07) is 4.65. The van der Waals surface area contributed by atoms with Crippen LogP contribution >= 0.6 is 39.1 Å². The number of alkyl halides is 3. The molecule has 8 nitrogen and oxygen atoms in total. The largest absolute Gasteiger partial charge is 0.504 e. The van der Waals surface area contributed by atoms with Crippen LogP contribution in [0.2, 0.25) is 0 Å². The van der Waals surface area contributed by atoms with Crippen molar-refractivity contribution in [3.8, 4) is 11.5 Å². The van der Waals surface area contributed by atoms with Crippen LogP contribution in [0.5, 0.6) is 11.5 Å². The van der Waals surface area contributed by atoms with Crippen LogP contribution in [0.4, 0.5) is 0 Å². The molecule has 0 unspecified atom stereocenters. The second-order valence-corrected chi connectivity index (χ2v) is 11.3. The van der Waals surface area contributed by atoms with Crippen LogP contribution in [0, 0.1) is 17.8 Å². The van der Waals surface area contributed by atoms with Gasteiger partial charge in [0.25, 0.3) is 11.8 Å². The summed E-state index contributed by atoms with van der Waals surface area (Å²) in [4.78, 5) is 52.1. The first-order valence-corrected chi connectivity index (χ1v) is 13.8. The molecule has 4 amide bonds. The van der Waals surface area contributed by atoms with Crippen LogP contribution in [0.25, 0.3) is 0 Å². The molecule has 192 valence electrons. The van der Waals surface area contributed by atoms with Crippen molar-refractivity contribution in [2.75, 3.05) is 18.6 Å². The van der Waals surface area contributed by atoms with E-state index in [0.29, 0.717) is 24.2 Å². The molecule has 2 aliphatic heterocycles. The second-order valence-electron chi connectivity index (χ2n) is 9.57. The lowest BCUT2D eigenvalue weighted by Gasteiger charge is -2.50. The molecule has 2 aliphatic carbocycles.